The predicted octanol–water partition coefficient (Wildman–Crippen LogP) is 2.93. The van der Waals surface area contributed by atoms with Gasteiger partial charge in [0.15, 0.2) is 0 Å². The highest BCUT2D eigenvalue weighted by atomic mass is 16.5. The van der Waals surface area contributed by atoms with E-state index in [1.807, 2.05) is 56.3 Å². The van der Waals surface area contributed by atoms with Crippen molar-refractivity contribution >= 4 is 11.9 Å². The Balaban J connectivity index is 1.95. The molecule has 1 aromatic carbocycles. The van der Waals surface area contributed by atoms with E-state index in [-0.39, 0.29) is 17.9 Å². The molecule has 2 aliphatic carbocycles. The molecule has 4 rings (SSSR count). The highest BCUT2D eigenvalue weighted by Crippen LogP contribution is 2.60. The van der Waals surface area contributed by atoms with Crippen LogP contribution < -0.4 is 5.32 Å². The first kappa shape index (κ1) is 27.6. The van der Waals surface area contributed by atoms with E-state index in [4.69, 9.17) is 4.74 Å². The Labute approximate surface area is 219 Å². The Morgan fingerprint density at radius 1 is 1.14 bits per heavy atom. The molecule has 1 saturated carbocycles. The zero-order chi connectivity index (χ0) is 27.2. The second-order valence-electron chi connectivity index (χ2n) is 11.9. The minimum atomic E-state index is -1.49. The van der Waals surface area contributed by atoms with Crippen LogP contribution in [0.1, 0.15) is 53.0 Å². The topological polar surface area (TPSA) is 116 Å². The van der Waals surface area contributed by atoms with E-state index in [9.17, 15) is 24.9 Å². The maximum Gasteiger partial charge on any atom is 0.303 e. The summed E-state index contributed by atoms with van der Waals surface area (Å²) in [4.78, 5) is 26.6. The van der Waals surface area contributed by atoms with Crippen molar-refractivity contribution < 1.29 is 29.6 Å². The number of hydrogen-bond donors (Lipinski definition) is 4. The third-order valence-corrected chi connectivity index (χ3v) is 8.98. The second-order valence-corrected chi connectivity index (χ2v) is 11.9. The van der Waals surface area contributed by atoms with Crippen LogP contribution >= 0.6 is 0 Å². The molecule has 7 nitrogen and oxygen atoms in total. The first-order valence-corrected chi connectivity index (χ1v) is 13.3. The summed E-state index contributed by atoms with van der Waals surface area (Å²) in [5.74, 6) is -2.59. The minimum Gasteiger partial charge on any atom is -0.457 e. The highest BCUT2D eigenvalue weighted by molar-refractivity contribution is 5.89. The van der Waals surface area contributed by atoms with Gasteiger partial charge in [0, 0.05) is 24.8 Å². The standard InChI is InChI=1S/C30H41NO6/c1-18-10-9-13-22-26(33)29(5,36)19(2)25-23(16-21-11-7-6-8-12-21)31-27(34)30(22,25)24(37-20(3)32)14-15-28(4,35)17-18/h6-9,11-15,18-19,22-26,33,35-36H,10,16-17H2,1-5H3,(H,31,34)/b13-9+,15-14+/t18-,19-,22-,23-,24+,25-,26-,28-,29+,30+/m0/s1. The first-order valence-electron chi connectivity index (χ1n) is 13.3. The average Bonchev–Trinajstić information content (AvgIpc) is 3.08. The van der Waals surface area contributed by atoms with Gasteiger partial charge in [0.25, 0.3) is 0 Å². The van der Waals surface area contributed by atoms with Crippen LogP contribution in [-0.4, -0.2) is 56.6 Å². The molecule has 7 heteroatoms. The summed E-state index contributed by atoms with van der Waals surface area (Å²) in [5, 5.41) is 37.5. The van der Waals surface area contributed by atoms with Crippen LogP contribution in [0, 0.1) is 29.1 Å². The molecule has 1 amide bonds. The molecule has 4 N–H and O–H groups in total. The van der Waals surface area contributed by atoms with Gasteiger partial charge in [-0.05, 0) is 56.6 Å². The fourth-order valence-electron chi connectivity index (χ4n) is 7.16. The molecule has 1 saturated heterocycles. The van der Waals surface area contributed by atoms with Gasteiger partial charge in [0.05, 0.1) is 17.3 Å². The second kappa shape index (κ2) is 10.0. The van der Waals surface area contributed by atoms with Gasteiger partial charge in [0.2, 0.25) is 5.91 Å². The zero-order valence-corrected chi connectivity index (χ0v) is 22.4. The normalized spacial score (nSPS) is 45.5. The Bertz CT molecular complexity index is 1060. The number of aliphatic hydroxyl groups is 3. The summed E-state index contributed by atoms with van der Waals surface area (Å²) >= 11 is 0. The summed E-state index contributed by atoms with van der Waals surface area (Å²) in [7, 11) is 0. The fourth-order valence-corrected chi connectivity index (χ4v) is 7.16. The maximum atomic E-state index is 14.2. The predicted molar refractivity (Wildman–Crippen MR) is 140 cm³/mol. The molecule has 0 aromatic heterocycles. The monoisotopic (exact) mass is 511 g/mol. The van der Waals surface area contributed by atoms with Crippen LogP contribution in [-0.2, 0) is 20.7 Å². The molecule has 1 heterocycles. The molecule has 0 unspecified atom stereocenters. The summed E-state index contributed by atoms with van der Waals surface area (Å²) in [5.41, 5.74) is -3.03. The molecule has 0 bridgehead atoms. The third-order valence-electron chi connectivity index (χ3n) is 8.98. The van der Waals surface area contributed by atoms with Crippen molar-refractivity contribution in [3.05, 3.63) is 60.2 Å². The SMILES string of the molecule is CC(=O)O[C@@H]1/C=C/[C@](C)(O)C[C@@H](C)C/C=C/[C@H]2[C@H](O)[C@](C)(O)[C@@H](C)[C@H]3[C@H](Cc4ccccc4)NC(=O)[C@@]312. The number of amides is 1. The molecule has 3 aliphatic rings. The lowest BCUT2D eigenvalue weighted by molar-refractivity contribution is -0.217. The van der Waals surface area contributed by atoms with Gasteiger partial charge >= 0.3 is 5.97 Å². The maximum absolute atomic E-state index is 14.2. The summed E-state index contributed by atoms with van der Waals surface area (Å²) in [6.45, 7) is 8.50. The van der Waals surface area contributed by atoms with Crippen LogP contribution in [0.4, 0.5) is 0 Å². The van der Waals surface area contributed by atoms with Crippen molar-refractivity contribution in [2.75, 3.05) is 0 Å². The molecular formula is C30H41NO6. The largest absolute Gasteiger partial charge is 0.457 e. The number of nitrogens with one attached hydrogen (secondary N) is 1. The Morgan fingerprint density at radius 3 is 2.46 bits per heavy atom. The number of rotatable bonds is 3. The zero-order valence-electron chi connectivity index (χ0n) is 22.4. The molecule has 0 radical (unpaired) electrons. The number of esters is 1. The fraction of sp³-hybridized carbons (Fsp3) is 0.600. The molecule has 202 valence electrons. The van der Waals surface area contributed by atoms with E-state index in [0.717, 1.165) is 5.56 Å². The van der Waals surface area contributed by atoms with Crippen molar-refractivity contribution in [3.8, 4) is 0 Å². The average molecular weight is 512 g/mol. The highest BCUT2D eigenvalue weighted by Gasteiger charge is 2.72. The van der Waals surface area contributed by atoms with Gasteiger partial charge in [0.1, 0.15) is 11.5 Å². The number of carbonyl (C=O) groups is 2. The first-order chi connectivity index (χ1) is 17.3. The molecule has 1 aliphatic heterocycles. The lowest BCUT2D eigenvalue weighted by Gasteiger charge is -2.57. The number of allylic oxidation sites excluding steroid dienone is 1. The number of aliphatic hydroxyl groups excluding tert-OH is 1. The van der Waals surface area contributed by atoms with Gasteiger partial charge in [-0.15, -0.1) is 0 Å². The van der Waals surface area contributed by atoms with Gasteiger partial charge in [-0.2, -0.15) is 0 Å². The van der Waals surface area contributed by atoms with Crippen LogP contribution in [0.2, 0.25) is 0 Å². The molecular weight excluding hydrogens is 470 g/mol. The van der Waals surface area contributed by atoms with Gasteiger partial charge in [-0.1, -0.05) is 62.4 Å². The number of carbonyl (C=O) groups excluding carboxylic acids is 2. The smallest absolute Gasteiger partial charge is 0.303 e. The Kier molecular flexibility index (Phi) is 7.45. The van der Waals surface area contributed by atoms with E-state index in [2.05, 4.69) is 5.32 Å². The van der Waals surface area contributed by atoms with E-state index < -0.39 is 52.5 Å². The Hall–Kier alpha value is -2.48. The van der Waals surface area contributed by atoms with Crippen LogP contribution in [0.3, 0.4) is 0 Å². The van der Waals surface area contributed by atoms with Crippen LogP contribution in [0.25, 0.3) is 0 Å². The van der Waals surface area contributed by atoms with Crippen LogP contribution in [0.5, 0.6) is 0 Å². The quantitative estimate of drug-likeness (QED) is 0.366. The summed E-state index contributed by atoms with van der Waals surface area (Å²) in [6.07, 6.45) is 6.27. The summed E-state index contributed by atoms with van der Waals surface area (Å²) in [6, 6.07) is 9.44. The van der Waals surface area contributed by atoms with Crippen molar-refractivity contribution in [1.29, 1.82) is 0 Å². The number of benzene rings is 1. The van der Waals surface area contributed by atoms with Crippen molar-refractivity contribution in [1.82, 2.24) is 5.32 Å². The molecule has 1 aromatic rings. The summed E-state index contributed by atoms with van der Waals surface area (Å²) < 4.78 is 5.87. The molecule has 2 fully saturated rings. The van der Waals surface area contributed by atoms with E-state index in [0.29, 0.717) is 19.3 Å². The van der Waals surface area contributed by atoms with Crippen molar-refractivity contribution in [2.45, 2.75) is 83.3 Å². The minimum absolute atomic E-state index is 0.122. The molecule has 10 atom stereocenters. The van der Waals surface area contributed by atoms with Gasteiger partial charge in [-0.25, -0.2) is 0 Å². The third kappa shape index (κ3) is 4.89. The van der Waals surface area contributed by atoms with Crippen molar-refractivity contribution in [2.24, 2.45) is 29.1 Å². The lowest BCUT2D eigenvalue weighted by atomic mass is 9.48. The van der Waals surface area contributed by atoms with E-state index in [1.165, 1.54) is 6.92 Å². The van der Waals surface area contributed by atoms with E-state index >= 15 is 0 Å². The molecule has 1 spiro atoms. The molecule has 37 heavy (non-hydrogen) atoms. The van der Waals surface area contributed by atoms with Crippen molar-refractivity contribution in [3.63, 3.8) is 0 Å². The number of ether oxygens (including phenoxy) is 1. The number of hydrogen-bond acceptors (Lipinski definition) is 6. The Morgan fingerprint density at radius 2 is 1.81 bits per heavy atom. The van der Waals surface area contributed by atoms with Gasteiger partial charge < -0.3 is 25.4 Å². The van der Waals surface area contributed by atoms with E-state index in [1.54, 1.807) is 26.0 Å². The van der Waals surface area contributed by atoms with Gasteiger partial charge in [-0.3, -0.25) is 9.59 Å². The lowest BCUT2D eigenvalue weighted by Crippen LogP contribution is -2.68. The van der Waals surface area contributed by atoms with Crippen LogP contribution in [0.15, 0.2) is 54.6 Å².